The van der Waals surface area contributed by atoms with E-state index in [-0.39, 0.29) is 18.1 Å². The second kappa shape index (κ2) is 6.86. The third-order valence-electron chi connectivity index (χ3n) is 3.80. The first-order valence-corrected chi connectivity index (χ1v) is 7.29. The third-order valence-corrected chi connectivity index (χ3v) is 3.80. The summed E-state index contributed by atoms with van der Waals surface area (Å²) in [5.74, 6) is 0.203. The number of aryl methyl sites for hydroxylation is 1. The van der Waals surface area contributed by atoms with Gasteiger partial charge in [-0.05, 0) is 25.3 Å². The second-order valence-corrected chi connectivity index (χ2v) is 5.32. The highest BCUT2D eigenvalue weighted by Gasteiger charge is 2.37. The third kappa shape index (κ3) is 3.19. The number of amides is 1. The molecule has 0 spiro atoms. The molecule has 1 fully saturated rings. The van der Waals surface area contributed by atoms with Crippen molar-refractivity contribution in [2.24, 2.45) is 0 Å². The van der Waals surface area contributed by atoms with Crippen molar-refractivity contribution in [3.8, 4) is 0 Å². The monoisotopic (exact) mass is 276 g/mol. The average Bonchev–Trinajstić information content (AvgIpc) is 2.77. The number of nitrogens with zero attached hydrogens (tertiary/aromatic N) is 1. The minimum absolute atomic E-state index is 0.00935. The molecule has 0 saturated carbocycles. The zero-order valence-electron chi connectivity index (χ0n) is 12.6. The van der Waals surface area contributed by atoms with Gasteiger partial charge < -0.3 is 9.64 Å². The molecule has 1 saturated heterocycles. The predicted octanol–water partition coefficient (Wildman–Crippen LogP) is 2.24. The Kier molecular flexibility index (Phi) is 5.15. The van der Waals surface area contributed by atoms with Gasteiger partial charge in [0, 0.05) is 20.3 Å². The molecule has 1 aliphatic rings. The molecule has 110 valence electrons. The Bertz CT molecular complexity index is 444. The van der Waals surface area contributed by atoms with E-state index in [1.54, 1.807) is 7.11 Å². The van der Waals surface area contributed by atoms with E-state index >= 15 is 0 Å². The van der Waals surface area contributed by atoms with E-state index in [1.165, 1.54) is 5.56 Å². The second-order valence-electron chi connectivity index (χ2n) is 5.32. The molecule has 0 aliphatic carbocycles. The van der Waals surface area contributed by atoms with Crippen molar-refractivity contribution in [1.29, 1.82) is 0 Å². The first-order valence-electron chi connectivity index (χ1n) is 7.29. The van der Waals surface area contributed by atoms with Crippen LogP contribution in [-0.2, 0) is 9.53 Å². The van der Waals surface area contributed by atoms with Crippen molar-refractivity contribution in [2.45, 2.75) is 38.9 Å². The molecule has 4 nitrogen and oxygen atoms in total. The van der Waals surface area contributed by atoms with Gasteiger partial charge in [-0.2, -0.15) is 0 Å². The fourth-order valence-corrected chi connectivity index (χ4v) is 2.62. The molecule has 0 aromatic heterocycles. The van der Waals surface area contributed by atoms with Crippen LogP contribution in [0.5, 0.6) is 0 Å². The summed E-state index contributed by atoms with van der Waals surface area (Å²) in [4.78, 5) is 14.3. The van der Waals surface area contributed by atoms with Gasteiger partial charge in [0.15, 0.2) is 0 Å². The molecule has 1 amide bonds. The number of ether oxygens (including phenoxy) is 1. The Morgan fingerprint density at radius 3 is 2.60 bits per heavy atom. The molecule has 4 heteroatoms. The molecule has 1 aromatic rings. The van der Waals surface area contributed by atoms with E-state index in [4.69, 9.17) is 4.74 Å². The minimum Gasteiger partial charge on any atom is -0.385 e. The fraction of sp³-hybridized carbons (Fsp3) is 0.562. The van der Waals surface area contributed by atoms with Gasteiger partial charge in [0.25, 0.3) is 0 Å². The summed E-state index contributed by atoms with van der Waals surface area (Å²) in [7, 11) is 1.69. The van der Waals surface area contributed by atoms with Gasteiger partial charge in [-0.3, -0.25) is 10.1 Å². The number of carbonyl (C=O) groups is 1. The summed E-state index contributed by atoms with van der Waals surface area (Å²) < 4.78 is 5.09. The van der Waals surface area contributed by atoms with Gasteiger partial charge in [-0.1, -0.05) is 36.8 Å². The maximum atomic E-state index is 12.4. The highest BCUT2D eigenvalue weighted by Crippen LogP contribution is 2.26. The first-order chi connectivity index (χ1) is 9.67. The van der Waals surface area contributed by atoms with Gasteiger partial charge in [0.2, 0.25) is 5.91 Å². The molecule has 20 heavy (non-hydrogen) atoms. The quantitative estimate of drug-likeness (QED) is 0.810. The molecule has 2 atom stereocenters. The number of carbonyl (C=O) groups excluding carboxylic acids is 1. The zero-order chi connectivity index (χ0) is 14.5. The lowest BCUT2D eigenvalue weighted by molar-refractivity contribution is -0.130. The van der Waals surface area contributed by atoms with Crippen LogP contribution in [0, 0.1) is 6.92 Å². The van der Waals surface area contributed by atoms with Crippen LogP contribution in [0.4, 0.5) is 0 Å². The summed E-state index contributed by atoms with van der Waals surface area (Å²) in [6.45, 7) is 5.53. The molecule has 0 bridgehead atoms. The minimum atomic E-state index is -0.0659. The molecular formula is C16H24N2O2. The van der Waals surface area contributed by atoms with Gasteiger partial charge in [-0.25, -0.2) is 0 Å². The van der Waals surface area contributed by atoms with Crippen molar-refractivity contribution >= 4 is 5.91 Å². The molecule has 1 aliphatic heterocycles. The number of methoxy groups -OCH3 is 1. The van der Waals surface area contributed by atoms with E-state index in [0.29, 0.717) is 6.61 Å². The Morgan fingerprint density at radius 1 is 1.30 bits per heavy atom. The lowest BCUT2D eigenvalue weighted by Gasteiger charge is -2.24. The molecule has 1 heterocycles. The lowest BCUT2D eigenvalue weighted by atomic mass is 10.1. The molecule has 1 aromatic carbocycles. The van der Waals surface area contributed by atoms with Crippen LogP contribution in [0.25, 0.3) is 0 Å². The van der Waals surface area contributed by atoms with Crippen molar-refractivity contribution in [1.82, 2.24) is 10.2 Å². The number of nitrogens with one attached hydrogen (secondary N) is 1. The normalized spacial score (nSPS) is 22.6. The summed E-state index contributed by atoms with van der Waals surface area (Å²) in [6.07, 6.45) is 1.68. The van der Waals surface area contributed by atoms with Crippen LogP contribution < -0.4 is 5.32 Å². The number of hydrogen-bond donors (Lipinski definition) is 1. The maximum Gasteiger partial charge on any atom is 0.241 e. The number of rotatable bonds is 6. The molecule has 2 rings (SSSR count). The van der Waals surface area contributed by atoms with Crippen LogP contribution in [0.1, 0.15) is 37.1 Å². The average molecular weight is 276 g/mol. The predicted molar refractivity (Wildman–Crippen MR) is 79.3 cm³/mol. The van der Waals surface area contributed by atoms with Crippen LogP contribution in [-0.4, -0.2) is 37.1 Å². The highest BCUT2D eigenvalue weighted by molar-refractivity contribution is 5.84. The summed E-state index contributed by atoms with van der Waals surface area (Å²) in [5.41, 5.74) is 2.38. The van der Waals surface area contributed by atoms with Crippen molar-refractivity contribution in [3.63, 3.8) is 0 Å². The van der Waals surface area contributed by atoms with E-state index in [2.05, 4.69) is 36.5 Å². The molecule has 1 N–H and O–H groups in total. The van der Waals surface area contributed by atoms with Crippen LogP contribution in [0.15, 0.2) is 24.3 Å². The van der Waals surface area contributed by atoms with Crippen molar-refractivity contribution in [3.05, 3.63) is 35.4 Å². The Balaban J connectivity index is 2.15. The van der Waals surface area contributed by atoms with Crippen LogP contribution in [0.2, 0.25) is 0 Å². The van der Waals surface area contributed by atoms with E-state index in [1.807, 2.05) is 11.8 Å². The number of hydrogen-bond acceptors (Lipinski definition) is 3. The van der Waals surface area contributed by atoms with Gasteiger partial charge in [0.1, 0.15) is 6.17 Å². The Labute approximate surface area is 121 Å². The van der Waals surface area contributed by atoms with Crippen molar-refractivity contribution < 1.29 is 9.53 Å². The van der Waals surface area contributed by atoms with Crippen molar-refractivity contribution in [2.75, 3.05) is 20.3 Å². The van der Waals surface area contributed by atoms with Gasteiger partial charge in [-0.15, -0.1) is 0 Å². The smallest absolute Gasteiger partial charge is 0.241 e. The molecule has 2 unspecified atom stereocenters. The fourth-order valence-electron chi connectivity index (χ4n) is 2.62. The van der Waals surface area contributed by atoms with Gasteiger partial charge in [0.05, 0.1) is 6.04 Å². The maximum absolute atomic E-state index is 12.4. The largest absolute Gasteiger partial charge is 0.385 e. The van der Waals surface area contributed by atoms with E-state index in [0.717, 1.165) is 24.9 Å². The van der Waals surface area contributed by atoms with Crippen LogP contribution in [0.3, 0.4) is 0 Å². The number of benzene rings is 1. The topological polar surface area (TPSA) is 41.6 Å². The van der Waals surface area contributed by atoms with E-state index < -0.39 is 0 Å². The summed E-state index contributed by atoms with van der Waals surface area (Å²) in [6, 6.07) is 8.31. The lowest BCUT2D eigenvalue weighted by Crippen LogP contribution is -2.32. The highest BCUT2D eigenvalue weighted by atomic mass is 16.5. The Morgan fingerprint density at radius 2 is 2.00 bits per heavy atom. The Hall–Kier alpha value is -1.39. The summed E-state index contributed by atoms with van der Waals surface area (Å²) >= 11 is 0. The first kappa shape index (κ1) is 15.0. The molecule has 0 radical (unpaired) electrons. The van der Waals surface area contributed by atoms with Gasteiger partial charge >= 0.3 is 0 Å². The zero-order valence-corrected chi connectivity index (χ0v) is 12.6. The molecular weight excluding hydrogens is 252 g/mol. The summed E-state index contributed by atoms with van der Waals surface area (Å²) in [5, 5.41) is 3.44. The SMILES string of the molecule is CCC1NC(c2ccc(C)cc2)N(CCCOC)C1=O. The standard InChI is InChI=1S/C16H24N2O2/c1-4-14-16(19)18(10-5-11-20-3)15(17-14)13-8-6-12(2)7-9-13/h6-9,14-15,17H,4-5,10-11H2,1-3H3. The van der Waals surface area contributed by atoms with Crippen LogP contribution >= 0.6 is 0 Å². The van der Waals surface area contributed by atoms with E-state index in [9.17, 15) is 4.79 Å².